The molecule has 17 heavy (non-hydrogen) atoms. The first-order valence-corrected chi connectivity index (χ1v) is 5.30. The Bertz CT molecular complexity index is 593. The summed E-state index contributed by atoms with van der Waals surface area (Å²) < 4.78 is 0. The molecule has 2 unspecified atom stereocenters. The van der Waals surface area contributed by atoms with E-state index in [1.807, 2.05) is 0 Å². The van der Waals surface area contributed by atoms with Gasteiger partial charge in [0, 0.05) is 24.2 Å². The van der Waals surface area contributed by atoms with Gasteiger partial charge in [-0.3, -0.25) is 10.1 Å². The van der Waals surface area contributed by atoms with Gasteiger partial charge in [-0.15, -0.1) is 0 Å². The number of benzene rings is 1. The van der Waals surface area contributed by atoms with Crippen LogP contribution in [0.1, 0.15) is 6.42 Å². The topological polar surface area (TPSA) is 110 Å². The number of imidazole rings is 1. The van der Waals surface area contributed by atoms with E-state index in [9.17, 15) is 10.1 Å². The number of nitrogens with zero attached hydrogens (tertiary/aromatic N) is 2. The zero-order valence-corrected chi connectivity index (χ0v) is 8.88. The van der Waals surface area contributed by atoms with Gasteiger partial charge < -0.3 is 16.0 Å². The number of non-ortho nitro benzene ring substituents is 1. The van der Waals surface area contributed by atoms with Crippen LogP contribution >= 0.6 is 0 Å². The van der Waals surface area contributed by atoms with Crippen LogP contribution in [0.5, 0.6) is 0 Å². The third kappa shape index (κ3) is 1.80. The minimum Gasteiger partial charge on any atom is -0.351 e. The summed E-state index contributed by atoms with van der Waals surface area (Å²) in [5.74, 6) is 0.610. The number of rotatable bonds is 3. The maximum atomic E-state index is 10.6. The molecule has 88 valence electrons. The SMILES string of the molecule is NC1CC1Nc1nc2ccc([N+](=O)[O-])cc2[nH]1. The number of nitro groups is 1. The Morgan fingerprint density at radius 1 is 1.59 bits per heavy atom. The van der Waals surface area contributed by atoms with Crippen molar-refractivity contribution >= 4 is 22.7 Å². The number of aromatic amines is 1. The molecule has 3 rings (SSSR count). The molecule has 0 saturated heterocycles. The second-order valence-corrected chi connectivity index (χ2v) is 4.19. The summed E-state index contributed by atoms with van der Waals surface area (Å²) in [4.78, 5) is 17.5. The third-order valence-electron chi connectivity index (χ3n) is 2.84. The van der Waals surface area contributed by atoms with Gasteiger partial charge in [-0.2, -0.15) is 0 Å². The van der Waals surface area contributed by atoms with E-state index in [-0.39, 0.29) is 17.8 Å². The molecule has 0 amide bonds. The number of nitrogens with one attached hydrogen (secondary N) is 2. The first-order chi connectivity index (χ1) is 8.13. The van der Waals surface area contributed by atoms with Crippen LogP contribution in [0, 0.1) is 10.1 Å². The fourth-order valence-corrected chi connectivity index (χ4v) is 1.74. The summed E-state index contributed by atoms with van der Waals surface area (Å²) in [7, 11) is 0. The van der Waals surface area contributed by atoms with Crippen LogP contribution in [0.15, 0.2) is 18.2 Å². The summed E-state index contributed by atoms with van der Waals surface area (Å²) in [6.45, 7) is 0. The fourth-order valence-electron chi connectivity index (χ4n) is 1.74. The molecule has 4 N–H and O–H groups in total. The van der Waals surface area contributed by atoms with Gasteiger partial charge in [-0.05, 0) is 12.5 Å². The highest BCUT2D eigenvalue weighted by Crippen LogP contribution is 2.25. The van der Waals surface area contributed by atoms with Crippen LogP contribution in [-0.4, -0.2) is 27.0 Å². The molecular formula is C10H11N5O2. The van der Waals surface area contributed by atoms with Crippen molar-refractivity contribution in [3.05, 3.63) is 28.3 Å². The van der Waals surface area contributed by atoms with Crippen molar-refractivity contribution in [2.24, 2.45) is 5.73 Å². The number of nitro benzene ring substituents is 1. The van der Waals surface area contributed by atoms with E-state index < -0.39 is 4.92 Å². The number of fused-ring (bicyclic) bond motifs is 1. The van der Waals surface area contributed by atoms with E-state index in [1.54, 1.807) is 6.07 Å². The molecule has 2 aromatic rings. The highest BCUT2D eigenvalue weighted by molar-refractivity contribution is 5.80. The Kier molecular flexibility index (Phi) is 2.02. The molecule has 1 heterocycles. The zero-order chi connectivity index (χ0) is 12.0. The lowest BCUT2D eigenvalue weighted by Crippen LogP contribution is -2.13. The van der Waals surface area contributed by atoms with Crippen LogP contribution in [0.4, 0.5) is 11.6 Å². The van der Waals surface area contributed by atoms with E-state index in [0.29, 0.717) is 17.0 Å². The first kappa shape index (κ1) is 10.0. The molecule has 1 aromatic carbocycles. The number of nitrogens with two attached hydrogens (primary N) is 1. The van der Waals surface area contributed by atoms with Gasteiger partial charge in [0.05, 0.1) is 16.0 Å². The average molecular weight is 233 g/mol. The maximum Gasteiger partial charge on any atom is 0.271 e. The number of hydrogen-bond acceptors (Lipinski definition) is 5. The van der Waals surface area contributed by atoms with Crippen LogP contribution in [0.25, 0.3) is 11.0 Å². The smallest absolute Gasteiger partial charge is 0.271 e. The molecule has 7 nitrogen and oxygen atoms in total. The Morgan fingerprint density at radius 2 is 2.35 bits per heavy atom. The van der Waals surface area contributed by atoms with Gasteiger partial charge in [0.2, 0.25) is 5.95 Å². The molecule has 1 fully saturated rings. The summed E-state index contributed by atoms with van der Waals surface area (Å²) in [6.07, 6.45) is 0.928. The summed E-state index contributed by atoms with van der Waals surface area (Å²) >= 11 is 0. The maximum absolute atomic E-state index is 10.6. The molecular weight excluding hydrogens is 222 g/mol. The van der Waals surface area contributed by atoms with Gasteiger partial charge in [0.1, 0.15) is 0 Å². The standard InChI is InChI=1S/C10H11N5O2/c11-6-4-8(6)13-10-12-7-2-1-5(15(16)17)3-9(7)14-10/h1-3,6,8H,4,11H2,(H2,12,13,14). The summed E-state index contributed by atoms with van der Waals surface area (Å²) in [5, 5.41) is 13.8. The average Bonchev–Trinajstić information content (AvgIpc) is 2.83. The van der Waals surface area contributed by atoms with Gasteiger partial charge >= 0.3 is 0 Å². The van der Waals surface area contributed by atoms with Gasteiger partial charge in [-0.25, -0.2) is 4.98 Å². The molecule has 0 aliphatic heterocycles. The van der Waals surface area contributed by atoms with Gasteiger partial charge in [-0.1, -0.05) is 0 Å². The highest BCUT2D eigenvalue weighted by atomic mass is 16.6. The number of aromatic nitrogens is 2. The fraction of sp³-hybridized carbons (Fsp3) is 0.300. The van der Waals surface area contributed by atoms with E-state index in [4.69, 9.17) is 5.73 Å². The van der Waals surface area contributed by atoms with E-state index in [1.165, 1.54) is 12.1 Å². The highest BCUT2D eigenvalue weighted by Gasteiger charge is 2.33. The van der Waals surface area contributed by atoms with E-state index in [0.717, 1.165) is 6.42 Å². The van der Waals surface area contributed by atoms with Crippen molar-refractivity contribution in [1.29, 1.82) is 0 Å². The summed E-state index contributed by atoms with van der Waals surface area (Å²) in [5.41, 5.74) is 7.08. The Morgan fingerprint density at radius 3 is 3.00 bits per heavy atom. The van der Waals surface area contributed by atoms with E-state index >= 15 is 0 Å². The molecule has 0 radical (unpaired) electrons. The second kappa shape index (κ2) is 3.42. The lowest BCUT2D eigenvalue weighted by Gasteiger charge is -1.97. The Hall–Kier alpha value is -2.15. The number of anilines is 1. The molecule has 1 aromatic heterocycles. The predicted octanol–water partition coefficient (Wildman–Crippen LogP) is 0.983. The second-order valence-electron chi connectivity index (χ2n) is 4.19. The van der Waals surface area contributed by atoms with E-state index in [2.05, 4.69) is 15.3 Å². The molecule has 1 aliphatic carbocycles. The molecule has 0 spiro atoms. The van der Waals surface area contributed by atoms with Crippen molar-refractivity contribution in [3.8, 4) is 0 Å². The van der Waals surface area contributed by atoms with Crippen LogP contribution in [0.3, 0.4) is 0 Å². The quantitative estimate of drug-likeness (QED) is 0.540. The van der Waals surface area contributed by atoms with Crippen LogP contribution < -0.4 is 11.1 Å². The Labute approximate surface area is 96.2 Å². The van der Waals surface area contributed by atoms with Crippen LogP contribution in [0.2, 0.25) is 0 Å². The zero-order valence-electron chi connectivity index (χ0n) is 8.88. The van der Waals surface area contributed by atoms with Gasteiger partial charge in [0.15, 0.2) is 0 Å². The van der Waals surface area contributed by atoms with Crippen molar-refractivity contribution in [3.63, 3.8) is 0 Å². The molecule has 2 atom stereocenters. The number of H-pyrrole nitrogens is 1. The largest absolute Gasteiger partial charge is 0.351 e. The minimum absolute atomic E-state index is 0.0517. The Balaban J connectivity index is 1.92. The molecule has 1 aliphatic rings. The van der Waals surface area contributed by atoms with Crippen molar-refractivity contribution in [2.75, 3.05) is 5.32 Å². The normalized spacial score (nSPS) is 22.6. The molecule has 0 bridgehead atoms. The lowest BCUT2D eigenvalue weighted by molar-refractivity contribution is -0.384. The van der Waals surface area contributed by atoms with Crippen molar-refractivity contribution in [2.45, 2.75) is 18.5 Å². The molecule has 1 saturated carbocycles. The third-order valence-corrected chi connectivity index (χ3v) is 2.84. The monoisotopic (exact) mass is 233 g/mol. The first-order valence-electron chi connectivity index (χ1n) is 5.30. The van der Waals surface area contributed by atoms with Gasteiger partial charge in [0.25, 0.3) is 5.69 Å². The predicted molar refractivity (Wildman–Crippen MR) is 62.8 cm³/mol. The summed E-state index contributed by atoms with van der Waals surface area (Å²) in [6, 6.07) is 4.97. The minimum atomic E-state index is -0.426. The number of hydrogen-bond donors (Lipinski definition) is 3. The van der Waals surface area contributed by atoms with Crippen LogP contribution in [-0.2, 0) is 0 Å². The van der Waals surface area contributed by atoms with Crippen molar-refractivity contribution in [1.82, 2.24) is 9.97 Å². The van der Waals surface area contributed by atoms with Crippen molar-refractivity contribution < 1.29 is 4.92 Å². The lowest BCUT2D eigenvalue weighted by atomic mass is 10.3. The molecule has 7 heteroatoms.